The Morgan fingerprint density at radius 1 is 1.57 bits per heavy atom. The van der Waals surface area contributed by atoms with Crippen LogP contribution in [-0.4, -0.2) is 31.3 Å². The van der Waals surface area contributed by atoms with Gasteiger partial charge in [0.2, 0.25) is 0 Å². The largest absolute Gasteiger partial charge is 0.380 e. The Labute approximate surface area is 84.7 Å². The van der Waals surface area contributed by atoms with E-state index in [-0.39, 0.29) is 0 Å². The third-order valence-corrected chi connectivity index (χ3v) is 2.55. The lowest BCUT2D eigenvalue weighted by Crippen LogP contribution is -2.39. The van der Waals surface area contributed by atoms with E-state index in [1.807, 2.05) is 12.3 Å². The molecular formula is C11H15N2O. The van der Waals surface area contributed by atoms with Gasteiger partial charge < -0.3 is 9.64 Å². The first kappa shape index (κ1) is 9.46. The number of pyridine rings is 1. The van der Waals surface area contributed by atoms with Crippen molar-refractivity contribution in [2.45, 2.75) is 12.5 Å². The van der Waals surface area contributed by atoms with E-state index in [0.717, 1.165) is 19.5 Å². The van der Waals surface area contributed by atoms with Gasteiger partial charge in [0.1, 0.15) is 0 Å². The van der Waals surface area contributed by atoms with Crippen molar-refractivity contribution in [1.29, 1.82) is 0 Å². The lowest BCUT2D eigenvalue weighted by atomic mass is 10.1. The second-order valence-electron chi connectivity index (χ2n) is 3.50. The number of methoxy groups -OCH3 is 1. The Bertz CT molecular complexity index is 276. The van der Waals surface area contributed by atoms with Gasteiger partial charge in [0, 0.05) is 26.4 Å². The monoisotopic (exact) mass is 191 g/mol. The van der Waals surface area contributed by atoms with Crippen LogP contribution in [0.5, 0.6) is 0 Å². The summed E-state index contributed by atoms with van der Waals surface area (Å²) < 4.78 is 5.35. The summed E-state index contributed by atoms with van der Waals surface area (Å²) in [5.74, 6) is 0. The summed E-state index contributed by atoms with van der Waals surface area (Å²) >= 11 is 0. The first-order chi connectivity index (χ1) is 6.90. The summed E-state index contributed by atoms with van der Waals surface area (Å²) in [5.41, 5.74) is 1.17. The predicted molar refractivity (Wildman–Crippen MR) is 56.2 cm³/mol. The van der Waals surface area contributed by atoms with Gasteiger partial charge >= 0.3 is 0 Å². The van der Waals surface area contributed by atoms with Crippen molar-refractivity contribution in [3.05, 3.63) is 30.9 Å². The van der Waals surface area contributed by atoms with Gasteiger partial charge in [-0.25, -0.2) is 0 Å². The number of rotatable bonds is 2. The zero-order chi connectivity index (χ0) is 9.80. The van der Waals surface area contributed by atoms with Crippen molar-refractivity contribution < 1.29 is 4.74 Å². The van der Waals surface area contributed by atoms with Crippen LogP contribution in [0.4, 0.5) is 5.69 Å². The third-order valence-electron chi connectivity index (χ3n) is 2.55. The molecule has 0 aromatic carbocycles. The quantitative estimate of drug-likeness (QED) is 0.708. The van der Waals surface area contributed by atoms with Gasteiger partial charge in [-0.05, 0) is 25.0 Å². The molecule has 0 saturated carbocycles. The Balaban J connectivity index is 2.04. The smallest absolute Gasteiger partial charge is 0.0749 e. The summed E-state index contributed by atoms with van der Waals surface area (Å²) in [4.78, 5) is 6.40. The molecule has 1 aliphatic heterocycles. The molecule has 1 saturated heterocycles. The molecule has 0 unspecified atom stereocenters. The van der Waals surface area contributed by atoms with Crippen LogP contribution >= 0.6 is 0 Å². The highest BCUT2D eigenvalue weighted by atomic mass is 16.5. The number of piperidine rings is 1. The van der Waals surface area contributed by atoms with Crippen LogP contribution in [0.3, 0.4) is 0 Å². The first-order valence-corrected chi connectivity index (χ1v) is 4.89. The fourth-order valence-electron chi connectivity index (χ4n) is 1.73. The lowest BCUT2D eigenvalue weighted by molar-refractivity contribution is 0.100. The van der Waals surface area contributed by atoms with Crippen LogP contribution in [-0.2, 0) is 4.74 Å². The van der Waals surface area contributed by atoms with Gasteiger partial charge in [-0.2, -0.15) is 0 Å². The van der Waals surface area contributed by atoms with E-state index in [1.165, 1.54) is 5.69 Å². The van der Waals surface area contributed by atoms with Crippen LogP contribution in [0.15, 0.2) is 24.5 Å². The molecule has 2 rings (SSSR count). The van der Waals surface area contributed by atoms with Crippen molar-refractivity contribution >= 4 is 5.69 Å². The second-order valence-corrected chi connectivity index (χ2v) is 3.50. The number of nitrogens with zero attached hydrogens (tertiary/aromatic N) is 2. The molecule has 14 heavy (non-hydrogen) atoms. The standard InChI is InChI=1S/C11H15N2O/c1-14-11-5-3-7-13(9-11)10-4-2-6-12-8-10/h2-4,6,8,11H,5,7,9H2,1H3/t11-/m1/s1. The fourth-order valence-corrected chi connectivity index (χ4v) is 1.73. The molecule has 75 valence electrons. The molecule has 0 aliphatic carbocycles. The lowest BCUT2D eigenvalue weighted by Gasteiger charge is -2.33. The molecule has 1 aromatic heterocycles. The molecule has 0 N–H and O–H groups in total. The predicted octanol–water partition coefficient (Wildman–Crippen LogP) is 1.51. The van der Waals surface area contributed by atoms with E-state index in [9.17, 15) is 0 Å². The maximum atomic E-state index is 5.35. The normalized spacial score (nSPS) is 22.4. The van der Waals surface area contributed by atoms with Gasteiger partial charge in [0.05, 0.1) is 18.0 Å². The number of anilines is 1. The molecule has 1 radical (unpaired) electrons. The third kappa shape index (κ3) is 2.04. The van der Waals surface area contributed by atoms with E-state index >= 15 is 0 Å². The summed E-state index contributed by atoms with van der Waals surface area (Å²) in [6, 6.07) is 4.05. The Morgan fingerprint density at radius 3 is 3.21 bits per heavy atom. The minimum Gasteiger partial charge on any atom is -0.380 e. The highest BCUT2D eigenvalue weighted by Gasteiger charge is 2.19. The van der Waals surface area contributed by atoms with Crippen molar-refractivity contribution in [2.24, 2.45) is 0 Å². The van der Waals surface area contributed by atoms with Crippen molar-refractivity contribution in [2.75, 3.05) is 25.1 Å². The fraction of sp³-hybridized carbons (Fsp3) is 0.455. The summed E-state index contributed by atoms with van der Waals surface area (Å²) in [6.45, 7) is 1.95. The first-order valence-electron chi connectivity index (χ1n) is 4.89. The highest BCUT2D eigenvalue weighted by molar-refractivity contribution is 5.44. The topological polar surface area (TPSA) is 25.4 Å². The zero-order valence-corrected chi connectivity index (χ0v) is 8.39. The van der Waals surface area contributed by atoms with Crippen LogP contribution < -0.4 is 4.90 Å². The van der Waals surface area contributed by atoms with E-state index in [4.69, 9.17) is 4.74 Å². The van der Waals surface area contributed by atoms with Gasteiger partial charge in [0.25, 0.3) is 0 Å². The van der Waals surface area contributed by atoms with E-state index in [1.54, 1.807) is 13.3 Å². The SMILES string of the molecule is CO[C@@H]1C[CH]CN(c2cccnc2)C1. The maximum Gasteiger partial charge on any atom is 0.0749 e. The van der Waals surface area contributed by atoms with Crippen molar-refractivity contribution in [3.8, 4) is 0 Å². The molecular weight excluding hydrogens is 176 g/mol. The van der Waals surface area contributed by atoms with Gasteiger partial charge in [-0.15, -0.1) is 0 Å². The Hall–Kier alpha value is -1.09. The summed E-state index contributed by atoms with van der Waals surface area (Å²) in [7, 11) is 1.77. The van der Waals surface area contributed by atoms with Crippen LogP contribution in [0.25, 0.3) is 0 Å². The molecule has 3 heteroatoms. The maximum absolute atomic E-state index is 5.35. The van der Waals surface area contributed by atoms with Gasteiger partial charge in [0.15, 0.2) is 0 Å². The van der Waals surface area contributed by atoms with Crippen molar-refractivity contribution in [3.63, 3.8) is 0 Å². The second kappa shape index (κ2) is 4.42. The van der Waals surface area contributed by atoms with E-state index < -0.39 is 0 Å². The van der Waals surface area contributed by atoms with Gasteiger partial charge in [-0.3, -0.25) is 4.98 Å². The molecule has 1 aliphatic rings. The van der Waals surface area contributed by atoms with Gasteiger partial charge in [-0.1, -0.05) is 0 Å². The number of ether oxygens (including phenoxy) is 1. The van der Waals surface area contributed by atoms with Crippen molar-refractivity contribution in [1.82, 2.24) is 4.98 Å². The number of hydrogen-bond donors (Lipinski definition) is 0. The molecule has 2 heterocycles. The molecule has 1 fully saturated rings. The average molecular weight is 191 g/mol. The molecule has 1 aromatic rings. The summed E-state index contributed by atoms with van der Waals surface area (Å²) in [5, 5.41) is 0. The average Bonchev–Trinajstić information content (AvgIpc) is 2.30. The minimum atomic E-state index is 0.323. The summed E-state index contributed by atoms with van der Waals surface area (Å²) in [6.07, 6.45) is 7.32. The van der Waals surface area contributed by atoms with E-state index in [0.29, 0.717) is 6.10 Å². The number of hydrogen-bond acceptors (Lipinski definition) is 3. The zero-order valence-electron chi connectivity index (χ0n) is 8.39. The molecule has 1 atom stereocenters. The minimum absolute atomic E-state index is 0.323. The van der Waals surface area contributed by atoms with Crippen LogP contribution in [0.1, 0.15) is 6.42 Å². The molecule has 0 bridgehead atoms. The van der Waals surface area contributed by atoms with Crippen LogP contribution in [0.2, 0.25) is 0 Å². The number of aromatic nitrogens is 1. The molecule has 3 nitrogen and oxygen atoms in total. The van der Waals surface area contributed by atoms with Crippen LogP contribution in [0, 0.1) is 6.42 Å². The van der Waals surface area contributed by atoms with E-state index in [2.05, 4.69) is 22.4 Å². The molecule has 0 spiro atoms. The highest BCUT2D eigenvalue weighted by Crippen LogP contribution is 2.18. The Kier molecular flexibility index (Phi) is 2.99. The Morgan fingerprint density at radius 2 is 2.50 bits per heavy atom. The molecule has 0 amide bonds.